The maximum atomic E-state index is 10.3. The van der Waals surface area contributed by atoms with Gasteiger partial charge >= 0.3 is 0 Å². The predicted octanol–water partition coefficient (Wildman–Crippen LogP) is 1.78. The average molecular weight is 167 g/mol. The molecule has 0 aromatic rings. The van der Waals surface area contributed by atoms with E-state index in [1.807, 2.05) is 0 Å². The van der Waals surface area contributed by atoms with Crippen molar-refractivity contribution in [2.45, 2.75) is 25.3 Å². The van der Waals surface area contributed by atoms with Gasteiger partial charge in [0.1, 0.15) is 6.04 Å². The van der Waals surface area contributed by atoms with Crippen molar-refractivity contribution in [3.63, 3.8) is 0 Å². The lowest BCUT2D eigenvalue weighted by Gasteiger charge is -2.20. The van der Waals surface area contributed by atoms with E-state index in [-0.39, 0.29) is 12.6 Å². The van der Waals surface area contributed by atoms with Crippen LogP contribution in [0.1, 0.15) is 19.3 Å². The number of hydrogen-bond donors (Lipinski definition) is 1. The van der Waals surface area contributed by atoms with E-state index in [9.17, 15) is 4.91 Å². The van der Waals surface area contributed by atoms with Gasteiger partial charge in [-0.15, -0.1) is 0 Å². The zero-order valence-electron chi connectivity index (χ0n) is 6.99. The number of rotatable bonds is 2. The van der Waals surface area contributed by atoms with E-state index >= 15 is 0 Å². The van der Waals surface area contributed by atoms with Gasteiger partial charge in [0, 0.05) is 0 Å². The number of hydrogen-bond acceptors (Lipinski definition) is 3. The molecule has 1 aliphatic carbocycles. The predicted molar refractivity (Wildman–Crippen MR) is 47.7 cm³/mol. The highest BCUT2D eigenvalue weighted by atomic mass is 16.3. The normalized spacial score (nSPS) is 27.6. The first-order valence-electron chi connectivity index (χ1n) is 4.07. The molecule has 66 valence electrons. The Bertz CT molecular complexity index is 221. The van der Waals surface area contributed by atoms with Crippen LogP contribution in [0.5, 0.6) is 0 Å². The molecule has 0 aromatic heterocycles. The summed E-state index contributed by atoms with van der Waals surface area (Å²) in [6, 6.07) is -0.267. The average Bonchev–Trinajstić information content (AvgIpc) is 2.09. The standard InChI is InChI=1S/C9H13NO2/c1-7-2-3-8(4-5-11)6-9(7)10-12/h4,9,11H,1-3,5-6H2/b8-4+/t9-/m1/s1. The largest absolute Gasteiger partial charge is 0.392 e. The Morgan fingerprint density at radius 3 is 3.00 bits per heavy atom. The molecular formula is C9H13NO2. The van der Waals surface area contributed by atoms with E-state index < -0.39 is 0 Å². The van der Waals surface area contributed by atoms with Gasteiger partial charge in [0.2, 0.25) is 0 Å². The summed E-state index contributed by atoms with van der Waals surface area (Å²) in [6.45, 7) is 3.83. The molecule has 0 aliphatic heterocycles. The molecule has 0 aromatic carbocycles. The lowest BCUT2D eigenvalue weighted by Crippen LogP contribution is -2.14. The maximum Gasteiger partial charge on any atom is 0.116 e. The molecule has 1 N–H and O–H groups in total. The lowest BCUT2D eigenvalue weighted by atomic mass is 9.87. The molecule has 1 fully saturated rings. The van der Waals surface area contributed by atoms with Gasteiger partial charge < -0.3 is 5.11 Å². The fourth-order valence-corrected chi connectivity index (χ4v) is 1.41. The van der Waals surface area contributed by atoms with Crippen LogP contribution >= 0.6 is 0 Å². The van der Waals surface area contributed by atoms with Gasteiger partial charge in [-0.05, 0) is 24.8 Å². The van der Waals surface area contributed by atoms with Crippen molar-refractivity contribution in [1.82, 2.24) is 0 Å². The summed E-state index contributed by atoms with van der Waals surface area (Å²) >= 11 is 0. The summed E-state index contributed by atoms with van der Waals surface area (Å²) in [5, 5.41) is 11.6. The number of aliphatic hydroxyl groups excluding tert-OH is 1. The monoisotopic (exact) mass is 167 g/mol. The highest BCUT2D eigenvalue weighted by Gasteiger charge is 2.20. The Labute approximate surface area is 71.8 Å². The van der Waals surface area contributed by atoms with Crippen molar-refractivity contribution in [3.8, 4) is 0 Å². The first-order chi connectivity index (χ1) is 5.77. The Morgan fingerprint density at radius 1 is 1.67 bits per heavy atom. The van der Waals surface area contributed by atoms with Crippen LogP contribution in [0, 0.1) is 4.91 Å². The molecular weight excluding hydrogens is 154 g/mol. The van der Waals surface area contributed by atoms with Crippen LogP contribution in [0.15, 0.2) is 29.0 Å². The third kappa shape index (κ3) is 2.01. The topological polar surface area (TPSA) is 49.7 Å². The SMILES string of the molecule is C=C1CC/C(=C\CO)C[C@H]1N=O. The highest BCUT2D eigenvalue weighted by Crippen LogP contribution is 2.28. The second-order valence-electron chi connectivity index (χ2n) is 3.03. The fraction of sp³-hybridized carbons (Fsp3) is 0.556. The van der Waals surface area contributed by atoms with Crippen LogP contribution < -0.4 is 0 Å². The van der Waals surface area contributed by atoms with E-state index in [0.717, 1.165) is 24.0 Å². The van der Waals surface area contributed by atoms with Gasteiger partial charge in [0.05, 0.1) is 6.61 Å². The molecule has 1 saturated carbocycles. The first-order valence-corrected chi connectivity index (χ1v) is 4.07. The molecule has 1 aliphatic rings. The molecule has 1 rings (SSSR count). The second-order valence-corrected chi connectivity index (χ2v) is 3.03. The zero-order valence-corrected chi connectivity index (χ0v) is 6.99. The van der Waals surface area contributed by atoms with Gasteiger partial charge in [0.15, 0.2) is 0 Å². The van der Waals surface area contributed by atoms with E-state index in [2.05, 4.69) is 11.8 Å². The van der Waals surface area contributed by atoms with Gasteiger partial charge in [0.25, 0.3) is 0 Å². The molecule has 1 atom stereocenters. The lowest BCUT2D eigenvalue weighted by molar-refractivity contribution is 0.340. The number of nitroso groups, excluding NO2 is 1. The van der Waals surface area contributed by atoms with Crippen LogP contribution in [-0.2, 0) is 0 Å². The zero-order chi connectivity index (χ0) is 8.97. The maximum absolute atomic E-state index is 10.3. The van der Waals surface area contributed by atoms with Crippen molar-refractivity contribution in [1.29, 1.82) is 0 Å². The minimum Gasteiger partial charge on any atom is -0.392 e. The van der Waals surface area contributed by atoms with Crippen LogP contribution in [0.4, 0.5) is 0 Å². The smallest absolute Gasteiger partial charge is 0.116 e. The first kappa shape index (κ1) is 9.13. The van der Waals surface area contributed by atoms with E-state index in [4.69, 9.17) is 5.11 Å². The third-order valence-corrected chi connectivity index (χ3v) is 2.20. The molecule has 0 spiro atoms. The van der Waals surface area contributed by atoms with Crippen molar-refractivity contribution < 1.29 is 5.11 Å². The van der Waals surface area contributed by atoms with Crippen molar-refractivity contribution in [2.24, 2.45) is 5.18 Å². The Hall–Kier alpha value is -0.960. The Kier molecular flexibility index (Phi) is 3.17. The van der Waals surface area contributed by atoms with Crippen molar-refractivity contribution in [2.75, 3.05) is 6.61 Å². The molecule has 3 nitrogen and oxygen atoms in total. The Morgan fingerprint density at radius 2 is 2.42 bits per heavy atom. The van der Waals surface area contributed by atoms with Crippen LogP contribution in [0.3, 0.4) is 0 Å². The third-order valence-electron chi connectivity index (χ3n) is 2.20. The highest BCUT2D eigenvalue weighted by molar-refractivity contribution is 5.20. The van der Waals surface area contributed by atoms with Crippen LogP contribution in [0.25, 0.3) is 0 Å². The summed E-state index contributed by atoms with van der Waals surface area (Å²) in [7, 11) is 0. The summed E-state index contributed by atoms with van der Waals surface area (Å²) in [6.07, 6.45) is 4.13. The molecule has 3 heteroatoms. The molecule has 12 heavy (non-hydrogen) atoms. The van der Waals surface area contributed by atoms with Gasteiger partial charge in [-0.3, -0.25) is 0 Å². The van der Waals surface area contributed by atoms with Crippen molar-refractivity contribution in [3.05, 3.63) is 28.7 Å². The van der Waals surface area contributed by atoms with Crippen molar-refractivity contribution >= 4 is 0 Å². The molecule has 0 radical (unpaired) electrons. The van der Waals surface area contributed by atoms with Gasteiger partial charge in [-0.1, -0.05) is 23.4 Å². The molecule has 0 saturated heterocycles. The number of nitrogens with zero attached hydrogens (tertiary/aromatic N) is 1. The summed E-state index contributed by atoms with van der Waals surface area (Å²) in [4.78, 5) is 10.3. The van der Waals surface area contributed by atoms with Crippen LogP contribution in [-0.4, -0.2) is 17.8 Å². The summed E-state index contributed by atoms with van der Waals surface area (Å²) in [5.74, 6) is 0. The van der Waals surface area contributed by atoms with E-state index in [1.54, 1.807) is 6.08 Å². The molecule has 0 amide bonds. The number of aliphatic hydroxyl groups is 1. The van der Waals surface area contributed by atoms with Crippen LogP contribution in [0.2, 0.25) is 0 Å². The summed E-state index contributed by atoms with van der Waals surface area (Å²) < 4.78 is 0. The van der Waals surface area contributed by atoms with Gasteiger partial charge in [-0.2, -0.15) is 4.91 Å². The molecule has 0 unspecified atom stereocenters. The minimum absolute atomic E-state index is 0.0490. The Balaban J connectivity index is 2.61. The quantitative estimate of drug-likeness (QED) is 0.503. The van der Waals surface area contributed by atoms with E-state index in [0.29, 0.717) is 6.42 Å². The second kappa shape index (κ2) is 4.16. The fourth-order valence-electron chi connectivity index (χ4n) is 1.41. The minimum atomic E-state index is -0.267. The molecule has 0 bridgehead atoms. The summed E-state index contributed by atoms with van der Waals surface area (Å²) in [5.41, 5.74) is 2.04. The van der Waals surface area contributed by atoms with E-state index in [1.165, 1.54) is 0 Å². The van der Waals surface area contributed by atoms with Gasteiger partial charge in [-0.25, -0.2) is 0 Å². The molecule has 0 heterocycles.